The lowest BCUT2D eigenvalue weighted by Gasteiger charge is -2.39. The fraction of sp³-hybridized carbons (Fsp3) is 0.686. The Hall–Kier alpha value is -3.64. The van der Waals surface area contributed by atoms with Gasteiger partial charge in [-0.1, -0.05) is 17.8 Å². The van der Waals surface area contributed by atoms with Gasteiger partial charge in [-0.15, -0.1) is 19.3 Å². The first kappa shape index (κ1) is 42.4. The van der Waals surface area contributed by atoms with Crippen molar-refractivity contribution in [2.45, 2.75) is 122 Å². The summed E-state index contributed by atoms with van der Waals surface area (Å²) >= 11 is 0. The van der Waals surface area contributed by atoms with E-state index in [0.29, 0.717) is 25.7 Å². The van der Waals surface area contributed by atoms with Crippen molar-refractivity contribution in [3.8, 4) is 43.1 Å². The summed E-state index contributed by atoms with van der Waals surface area (Å²) in [6.07, 6.45) is 19.0. The fourth-order valence-corrected chi connectivity index (χ4v) is 7.32. The Morgan fingerprint density at radius 3 is 1.62 bits per heavy atom. The van der Waals surface area contributed by atoms with E-state index in [0.717, 1.165) is 0 Å². The standard InChI is InChI=1S/C35H53N6O6P/c1-8-23-37-31(42)16-19-35(20-17-32(43)38-24-9-2,21-18-33(44)39-25-10-3)40-34(45)29-12-14-30(15-13-29)47-48(46-26-11-22-36)41(27(4)5)28(6)7/h1-3,27-30H,11-21,23-26H2,4-7H3,(H,37,42)(H,38,43)(H,39,44)(H,40,45)/t29-,30-,48?. The van der Waals surface area contributed by atoms with Gasteiger partial charge in [0.1, 0.15) is 0 Å². The molecule has 0 bridgehead atoms. The summed E-state index contributed by atoms with van der Waals surface area (Å²) in [6.45, 7) is 8.77. The monoisotopic (exact) mass is 684 g/mol. The number of carbonyl (C=O) groups excluding carboxylic acids is 4. The van der Waals surface area contributed by atoms with E-state index >= 15 is 0 Å². The van der Waals surface area contributed by atoms with Crippen molar-refractivity contribution in [3.63, 3.8) is 0 Å². The van der Waals surface area contributed by atoms with Crippen LogP contribution in [0.25, 0.3) is 0 Å². The first-order chi connectivity index (χ1) is 22.9. The first-order valence-corrected chi connectivity index (χ1v) is 17.7. The van der Waals surface area contributed by atoms with Gasteiger partial charge in [-0.3, -0.25) is 19.2 Å². The van der Waals surface area contributed by atoms with Gasteiger partial charge in [-0.25, -0.2) is 4.67 Å². The molecule has 264 valence electrons. The molecule has 0 spiro atoms. The highest BCUT2D eigenvalue weighted by Crippen LogP contribution is 2.49. The van der Waals surface area contributed by atoms with Crippen molar-refractivity contribution >= 4 is 32.2 Å². The highest BCUT2D eigenvalue weighted by molar-refractivity contribution is 7.44. The van der Waals surface area contributed by atoms with Gasteiger partial charge in [-0.2, -0.15) is 5.26 Å². The van der Waals surface area contributed by atoms with Crippen LogP contribution in [0, 0.1) is 54.3 Å². The number of carbonyl (C=O) groups is 4. The molecule has 4 amide bonds. The number of hydrogen-bond acceptors (Lipinski definition) is 8. The van der Waals surface area contributed by atoms with Crippen molar-refractivity contribution in [2.75, 3.05) is 26.2 Å². The van der Waals surface area contributed by atoms with E-state index in [-0.39, 0.29) is 119 Å². The minimum Gasteiger partial charge on any atom is -0.350 e. The topological polar surface area (TPSA) is 162 Å². The van der Waals surface area contributed by atoms with Crippen LogP contribution in [-0.4, -0.2) is 78.3 Å². The van der Waals surface area contributed by atoms with Crippen LogP contribution in [0.15, 0.2) is 0 Å². The highest BCUT2D eigenvalue weighted by atomic mass is 31.2. The highest BCUT2D eigenvalue weighted by Gasteiger charge is 2.38. The summed E-state index contributed by atoms with van der Waals surface area (Å²) in [4.78, 5) is 51.6. The number of amides is 4. The smallest absolute Gasteiger partial charge is 0.259 e. The molecule has 0 heterocycles. The van der Waals surface area contributed by atoms with Gasteiger partial charge >= 0.3 is 0 Å². The Bertz CT molecular complexity index is 1110. The Kier molecular flexibility index (Phi) is 20.9. The molecule has 1 aliphatic rings. The average Bonchev–Trinajstić information content (AvgIpc) is 3.05. The van der Waals surface area contributed by atoms with Gasteiger partial charge in [0.15, 0.2) is 0 Å². The maximum atomic E-state index is 13.9. The SMILES string of the molecule is C#CCNC(=O)CCC(CCC(=O)NCC#C)(CCC(=O)NCC#C)NC(=O)[C@H]1CC[C@H](OP(OCCC#N)N(C(C)C)C(C)C)CC1. The predicted molar refractivity (Wildman–Crippen MR) is 186 cm³/mol. The zero-order chi connectivity index (χ0) is 36.0. The minimum atomic E-state index is -1.41. The summed E-state index contributed by atoms with van der Waals surface area (Å²) < 4.78 is 14.7. The molecule has 4 N–H and O–H groups in total. The molecule has 1 rings (SSSR count). The predicted octanol–water partition coefficient (Wildman–Crippen LogP) is 3.28. The Morgan fingerprint density at radius 1 is 0.812 bits per heavy atom. The lowest BCUT2D eigenvalue weighted by atomic mass is 9.81. The van der Waals surface area contributed by atoms with Crippen LogP contribution in [0.1, 0.15) is 98.3 Å². The van der Waals surface area contributed by atoms with E-state index in [9.17, 15) is 19.2 Å². The van der Waals surface area contributed by atoms with Gasteiger partial charge in [0.2, 0.25) is 23.6 Å². The van der Waals surface area contributed by atoms with Gasteiger partial charge in [0.05, 0.1) is 44.8 Å². The molecule has 1 unspecified atom stereocenters. The van der Waals surface area contributed by atoms with Crippen molar-refractivity contribution < 1.29 is 28.2 Å². The van der Waals surface area contributed by atoms with Crippen LogP contribution in [0.2, 0.25) is 0 Å². The minimum absolute atomic E-state index is 0.0258. The number of terminal acetylenes is 3. The summed E-state index contributed by atoms with van der Waals surface area (Å²) in [5.41, 5.74) is -1.04. The maximum absolute atomic E-state index is 13.9. The maximum Gasteiger partial charge on any atom is 0.259 e. The van der Waals surface area contributed by atoms with E-state index in [1.165, 1.54) is 0 Å². The van der Waals surface area contributed by atoms with Crippen LogP contribution in [-0.2, 0) is 28.2 Å². The second kappa shape index (κ2) is 23.6. The number of nitrogens with one attached hydrogen (secondary N) is 4. The largest absolute Gasteiger partial charge is 0.350 e. The molecule has 0 aromatic heterocycles. The molecule has 12 nitrogen and oxygen atoms in total. The van der Waals surface area contributed by atoms with Crippen LogP contribution >= 0.6 is 8.53 Å². The first-order valence-electron chi connectivity index (χ1n) is 16.6. The molecule has 0 radical (unpaired) electrons. The molecule has 0 aliphatic heterocycles. The van der Waals surface area contributed by atoms with Gasteiger partial charge in [0, 0.05) is 42.8 Å². The van der Waals surface area contributed by atoms with Crippen molar-refractivity contribution in [1.82, 2.24) is 25.9 Å². The number of rotatable bonds is 22. The average molecular weight is 685 g/mol. The fourth-order valence-electron chi connectivity index (χ4n) is 5.55. The van der Waals surface area contributed by atoms with Crippen LogP contribution < -0.4 is 21.3 Å². The Balaban J connectivity index is 3.14. The normalized spacial score (nSPS) is 16.6. The van der Waals surface area contributed by atoms with Gasteiger partial charge < -0.3 is 30.3 Å². The lowest BCUT2D eigenvalue weighted by molar-refractivity contribution is -0.131. The summed E-state index contributed by atoms with van der Waals surface area (Å²) in [5.74, 6) is 5.64. The zero-order valence-electron chi connectivity index (χ0n) is 28.9. The van der Waals surface area contributed by atoms with Crippen LogP contribution in [0.3, 0.4) is 0 Å². The van der Waals surface area contributed by atoms with E-state index in [1.54, 1.807) is 0 Å². The molecule has 48 heavy (non-hydrogen) atoms. The summed E-state index contributed by atoms with van der Waals surface area (Å²) in [7, 11) is -1.41. The Morgan fingerprint density at radius 2 is 1.25 bits per heavy atom. The van der Waals surface area contributed by atoms with Gasteiger partial charge in [-0.05, 0) is 72.6 Å². The number of hydrogen-bond donors (Lipinski definition) is 4. The van der Waals surface area contributed by atoms with Gasteiger partial charge in [0.25, 0.3) is 8.53 Å². The lowest BCUT2D eigenvalue weighted by Crippen LogP contribution is -2.52. The third-order valence-corrected chi connectivity index (χ3v) is 10.2. The van der Waals surface area contributed by atoms with E-state index in [4.69, 9.17) is 33.6 Å². The quantitative estimate of drug-likeness (QED) is 0.0768. The van der Waals surface area contributed by atoms with Crippen molar-refractivity contribution in [1.29, 1.82) is 5.26 Å². The number of nitrogens with zero attached hydrogens (tertiary/aromatic N) is 2. The third-order valence-electron chi connectivity index (χ3n) is 7.99. The molecule has 0 aromatic rings. The van der Waals surface area contributed by atoms with Crippen molar-refractivity contribution in [3.05, 3.63) is 0 Å². The van der Waals surface area contributed by atoms with E-state index < -0.39 is 14.1 Å². The molecule has 1 saturated carbocycles. The van der Waals surface area contributed by atoms with E-state index in [2.05, 4.69) is 77.5 Å². The second-order valence-corrected chi connectivity index (χ2v) is 13.7. The van der Waals surface area contributed by atoms with Crippen molar-refractivity contribution in [2.24, 2.45) is 5.92 Å². The molecule has 0 saturated heterocycles. The molecular formula is C35H53N6O6P. The molecule has 13 heteroatoms. The number of nitriles is 1. The Labute approximate surface area is 288 Å². The molecule has 1 atom stereocenters. The van der Waals surface area contributed by atoms with Crippen LogP contribution in [0.5, 0.6) is 0 Å². The van der Waals surface area contributed by atoms with Crippen LogP contribution in [0.4, 0.5) is 0 Å². The molecular weight excluding hydrogens is 631 g/mol. The molecule has 1 aliphatic carbocycles. The zero-order valence-corrected chi connectivity index (χ0v) is 29.8. The molecule has 1 fully saturated rings. The summed E-state index contributed by atoms with van der Waals surface area (Å²) in [6, 6.07) is 2.45. The second-order valence-electron chi connectivity index (χ2n) is 12.3. The third kappa shape index (κ3) is 16.5. The van der Waals surface area contributed by atoms with E-state index in [1.807, 2.05) is 0 Å². The molecule has 0 aromatic carbocycles. The summed E-state index contributed by atoms with van der Waals surface area (Å²) in [5, 5.41) is 20.1.